The van der Waals surface area contributed by atoms with Crippen LogP contribution in [0.2, 0.25) is 0 Å². The van der Waals surface area contributed by atoms with E-state index in [-0.39, 0.29) is 17.7 Å². The fraction of sp³-hybridized carbons (Fsp3) is 0.650. The highest BCUT2D eigenvalue weighted by Crippen LogP contribution is 2.44. The fourth-order valence-electron chi connectivity index (χ4n) is 3.70. The van der Waals surface area contributed by atoms with E-state index < -0.39 is 0 Å². The van der Waals surface area contributed by atoms with Crippen LogP contribution in [0.25, 0.3) is 0 Å². The van der Waals surface area contributed by atoms with E-state index in [2.05, 4.69) is 32.9 Å². The van der Waals surface area contributed by atoms with E-state index >= 15 is 0 Å². The summed E-state index contributed by atoms with van der Waals surface area (Å²) in [5, 5.41) is 0. The molecule has 0 aromatic carbocycles. The number of rotatable bonds is 0. The monoisotopic (exact) mass is 316 g/mol. The zero-order valence-corrected chi connectivity index (χ0v) is 14.8. The predicted molar refractivity (Wildman–Crippen MR) is 91.1 cm³/mol. The van der Waals surface area contributed by atoms with E-state index in [1.54, 1.807) is 0 Å². The molecule has 2 aliphatic heterocycles. The third-order valence-corrected chi connectivity index (χ3v) is 5.56. The highest BCUT2D eigenvalue weighted by molar-refractivity contribution is 5.92. The number of carbonyl (C=O) groups excluding carboxylic acids is 1. The summed E-state index contributed by atoms with van der Waals surface area (Å²) in [5.41, 5.74) is 4.71. The lowest BCUT2D eigenvalue weighted by atomic mass is 9.93. The molecule has 1 fully saturated rings. The number of allylic oxidation sites excluding steroid dienone is 3. The Bertz CT molecular complexity index is 596. The molecular weight excluding hydrogens is 288 g/mol. The molecule has 0 bridgehead atoms. The van der Waals surface area contributed by atoms with Crippen molar-refractivity contribution in [1.29, 1.82) is 0 Å². The Hall–Kier alpha value is -1.35. The van der Waals surface area contributed by atoms with Gasteiger partial charge in [0.2, 0.25) is 0 Å². The van der Waals surface area contributed by atoms with Gasteiger partial charge in [-0.1, -0.05) is 17.2 Å². The largest absolute Gasteiger partial charge is 0.450 e. The standard InChI is InChI=1S/C20H28O3/c1-13-6-5-11-20(4)18(23-20)10-8-14(2)12-17-16(9-7-13)15(3)19(21)22-17/h6,12,17-18H,5,7-11H2,1-4H3/b13-6+,14-12+/t17-,18-,20+/m0/s1. The summed E-state index contributed by atoms with van der Waals surface area (Å²) in [4.78, 5) is 11.9. The van der Waals surface area contributed by atoms with Crippen molar-refractivity contribution in [2.45, 2.75) is 84.0 Å². The first-order chi connectivity index (χ1) is 10.9. The zero-order valence-electron chi connectivity index (χ0n) is 14.8. The van der Waals surface area contributed by atoms with Gasteiger partial charge >= 0.3 is 5.97 Å². The van der Waals surface area contributed by atoms with Gasteiger partial charge in [-0.15, -0.1) is 0 Å². The molecule has 3 aliphatic rings. The molecular formula is C20H28O3. The lowest BCUT2D eigenvalue weighted by Gasteiger charge is -2.13. The average molecular weight is 316 g/mol. The highest BCUT2D eigenvalue weighted by atomic mass is 16.6. The molecule has 1 saturated heterocycles. The fourth-order valence-corrected chi connectivity index (χ4v) is 3.70. The Morgan fingerprint density at radius 1 is 1.13 bits per heavy atom. The Morgan fingerprint density at radius 2 is 1.91 bits per heavy atom. The molecule has 23 heavy (non-hydrogen) atoms. The first kappa shape index (κ1) is 16.5. The Kier molecular flexibility index (Phi) is 4.50. The summed E-state index contributed by atoms with van der Waals surface area (Å²) < 4.78 is 11.5. The van der Waals surface area contributed by atoms with Gasteiger partial charge < -0.3 is 9.47 Å². The van der Waals surface area contributed by atoms with E-state index in [9.17, 15) is 4.79 Å². The van der Waals surface area contributed by atoms with Crippen molar-refractivity contribution in [2.24, 2.45) is 0 Å². The highest BCUT2D eigenvalue weighted by Gasteiger charge is 2.50. The van der Waals surface area contributed by atoms with Crippen molar-refractivity contribution < 1.29 is 14.3 Å². The van der Waals surface area contributed by atoms with Crippen LogP contribution in [0.3, 0.4) is 0 Å². The number of fused-ring (bicyclic) bond motifs is 2. The van der Waals surface area contributed by atoms with Gasteiger partial charge in [0.25, 0.3) is 0 Å². The van der Waals surface area contributed by atoms with E-state index in [1.807, 2.05) is 6.92 Å². The predicted octanol–water partition coefficient (Wildman–Crippen LogP) is 4.63. The maximum atomic E-state index is 11.9. The minimum atomic E-state index is -0.162. The first-order valence-electron chi connectivity index (χ1n) is 8.80. The average Bonchev–Trinajstić information content (AvgIpc) is 3.06. The van der Waals surface area contributed by atoms with E-state index in [0.717, 1.165) is 49.7 Å². The summed E-state index contributed by atoms with van der Waals surface area (Å²) in [5.74, 6) is -0.155. The number of ether oxygens (including phenoxy) is 2. The van der Waals surface area contributed by atoms with Gasteiger partial charge in [-0.25, -0.2) is 4.79 Å². The minimum Gasteiger partial charge on any atom is -0.450 e. The number of epoxide rings is 1. The van der Waals surface area contributed by atoms with Crippen LogP contribution in [-0.4, -0.2) is 23.8 Å². The van der Waals surface area contributed by atoms with Crippen LogP contribution >= 0.6 is 0 Å². The number of esters is 1. The smallest absolute Gasteiger partial charge is 0.334 e. The minimum absolute atomic E-state index is 0.0721. The number of carbonyl (C=O) groups is 1. The van der Waals surface area contributed by atoms with Crippen molar-refractivity contribution in [1.82, 2.24) is 0 Å². The summed E-state index contributed by atoms with van der Waals surface area (Å²) in [6.07, 6.45) is 10.8. The molecule has 0 amide bonds. The first-order valence-corrected chi connectivity index (χ1v) is 8.80. The normalized spacial score (nSPS) is 40.1. The van der Waals surface area contributed by atoms with E-state index in [4.69, 9.17) is 9.47 Å². The molecule has 0 aromatic heterocycles. The van der Waals surface area contributed by atoms with Gasteiger partial charge in [-0.3, -0.25) is 0 Å². The third kappa shape index (κ3) is 3.60. The van der Waals surface area contributed by atoms with Crippen molar-refractivity contribution in [3.8, 4) is 0 Å². The van der Waals surface area contributed by atoms with Crippen LogP contribution < -0.4 is 0 Å². The van der Waals surface area contributed by atoms with Crippen LogP contribution in [-0.2, 0) is 14.3 Å². The summed E-state index contributed by atoms with van der Waals surface area (Å²) >= 11 is 0. The van der Waals surface area contributed by atoms with Crippen LogP contribution in [0.1, 0.15) is 66.2 Å². The van der Waals surface area contributed by atoms with Crippen molar-refractivity contribution in [2.75, 3.05) is 0 Å². The van der Waals surface area contributed by atoms with Gasteiger partial charge in [0, 0.05) is 5.57 Å². The maximum absolute atomic E-state index is 11.9. The van der Waals surface area contributed by atoms with E-state index in [1.165, 1.54) is 11.1 Å². The SMILES string of the molecule is CC1=C2CC/C(C)=C/CC[C@@]3(C)O[C@H]3CC/C(C)=C/[C@@H]2OC1=O. The molecule has 3 nitrogen and oxygen atoms in total. The molecule has 1 aliphatic carbocycles. The molecule has 0 radical (unpaired) electrons. The molecule has 3 heteroatoms. The van der Waals surface area contributed by atoms with Crippen LogP contribution in [0.4, 0.5) is 0 Å². The Labute approximate surface area is 139 Å². The Balaban J connectivity index is 1.80. The van der Waals surface area contributed by atoms with Crippen molar-refractivity contribution >= 4 is 5.97 Å². The Morgan fingerprint density at radius 3 is 2.70 bits per heavy atom. The van der Waals surface area contributed by atoms with Crippen molar-refractivity contribution in [3.63, 3.8) is 0 Å². The molecule has 2 heterocycles. The topological polar surface area (TPSA) is 38.8 Å². The van der Waals surface area contributed by atoms with Gasteiger partial charge in [0.15, 0.2) is 0 Å². The summed E-state index contributed by atoms with van der Waals surface area (Å²) in [6.45, 7) is 8.44. The van der Waals surface area contributed by atoms with Gasteiger partial charge in [0.1, 0.15) is 6.10 Å². The molecule has 0 unspecified atom stereocenters. The lowest BCUT2D eigenvalue weighted by molar-refractivity contribution is -0.138. The second-order valence-electron chi connectivity index (χ2n) is 7.54. The summed E-state index contributed by atoms with van der Waals surface area (Å²) in [7, 11) is 0. The molecule has 0 saturated carbocycles. The summed E-state index contributed by atoms with van der Waals surface area (Å²) in [6, 6.07) is 0. The maximum Gasteiger partial charge on any atom is 0.334 e. The third-order valence-electron chi connectivity index (χ3n) is 5.56. The molecule has 3 rings (SSSR count). The quantitative estimate of drug-likeness (QED) is 0.371. The second kappa shape index (κ2) is 6.27. The molecule has 0 spiro atoms. The molecule has 126 valence electrons. The zero-order chi connectivity index (χ0) is 16.6. The molecule has 3 atom stereocenters. The van der Waals surface area contributed by atoms with Gasteiger partial charge in [-0.05, 0) is 77.9 Å². The van der Waals surface area contributed by atoms with Gasteiger partial charge in [-0.2, -0.15) is 0 Å². The molecule has 0 aromatic rings. The lowest BCUT2D eigenvalue weighted by Crippen LogP contribution is -2.11. The number of hydrogen-bond acceptors (Lipinski definition) is 3. The van der Waals surface area contributed by atoms with Crippen molar-refractivity contribution in [3.05, 3.63) is 34.4 Å². The van der Waals surface area contributed by atoms with Gasteiger partial charge in [0.05, 0.1) is 11.7 Å². The number of hydrogen-bond donors (Lipinski definition) is 0. The van der Waals surface area contributed by atoms with Crippen LogP contribution in [0.5, 0.6) is 0 Å². The second-order valence-corrected chi connectivity index (χ2v) is 7.54. The van der Waals surface area contributed by atoms with E-state index in [0.29, 0.717) is 6.10 Å². The van der Waals surface area contributed by atoms with Crippen LogP contribution in [0.15, 0.2) is 34.4 Å². The molecule has 0 N–H and O–H groups in total. The van der Waals surface area contributed by atoms with Crippen LogP contribution in [0, 0.1) is 0 Å².